The molecule has 0 fully saturated rings. The summed E-state index contributed by atoms with van der Waals surface area (Å²) in [6.45, 7) is 5.89. The van der Waals surface area contributed by atoms with E-state index in [-0.39, 0.29) is 16.3 Å². The molecule has 1 heterocycles. The highest BCUT2D eigenvalue weighted by molar-refractivity contribution is 6.31. The third-order valence-electron chi connectivity index (χ3n) is 2.80. The minimum absolute atomic E-state index is 0.142. The van der Waals surface area contributed by atoms with Crippen molar-refractivity contribution >= 4 is 11.6 Å². The van der Waals surface area contributed by atoms with E-state index in [0.717, 1.165) is 11.3 Å². The Morgan fingerprint density at radius 2 is 1.89 bits per heavy atom. The molecule has 0 saturated heterocycles. The predicted molar refractivity (Wildman–Crippen MR) is 73.3 cm³/mol. The van der Waals surface area contributed by atoms with Crippen molar-refractivity contribution < 1.29 is 4.39 Å². The molecule has 0 bridgehead atoms. The van der Waals surface area contributed by atoms with Crippen molar-refractivity contribution in [3.05, 3.63) is 52.9 Å². The van der Waals surface area contributed by atoms with Gasteiger partial charge in [0.05, 0.1) is 10.7 Å². The fraction of sp³-hybridized carbons (Fsp3) is 0.267. The molecule has 0 N–H and O–H groups in total. The number of hydrogen-bond acceptors (Lipinski definition) is 1. The number of nitrogens with zero attached hydrogens (tertiary/aromatic N) is 1. The minimum Gasteiger partial charge on any atom is -0.256 e. The Bertz CT molecular complexity index is 559. The molecule has 0 unspecified atom stereocenters. The normalized spacial score (nSPS) is 11.6. The van der Waals surface area contributed by atoms with E-state index in [1.165, 1.54) is 0 Å². The molecule has 0 atom stereocenters. The first-order chi connectivity index (χ1) is 8.39. The van der Waals surface area contributed by atoms with Gasteiger partial charge < -0.3 is 0 Å². The maximum atomic E-state index is 14.0. The zero-order valence-corrected chi connectivity index (χ0v) is 11.4. The van der Waals surface area contributed by atoms with Gasteiger partial charge in [0.15, 0.2) is 0 Å². The molecule has 0 amide bonds. The summed E-state index contributed by atoms with van der Waals surface area (Å²) in [6.07, 6.45) is 1.71. The fourth-order valence-electron chi connectivity index (χ4n) is 1.82. The van der Waals surface area contributed by atoms with Crippen molar-refractivity contribution in [3.8, 4) is 11.3 Å². The lowest BCUT2D eigenvalue weighted by atomic mass is 9.85. The number of pyridine rings is 1. The topological polar surface area (TPSA) is 12.9 Å². The molecule has 18 heavy (non-hydrogen) atoms. The van der Waals surface area contributed by atoms with E-state index in [0.29, 0.717) is 5.56 Å². The standard InChI is InChI=1S/C15H15ClFN/c1-15(2,3)11-8-10(9-12(16)14(11)17)13-6-4-5-7-18-13/h4-9H,1-3H3. The summed E-state index contributed by atoms with van der Waals surface area (Å²) in [4.78, 5) is 4.26. The first kappa shape index (κ1) is 13.0. The maximum Gasteiger partial charge on any atom is 0.145 e. The second kappa shape index (κ2) is 4.69. The highest BCUT2D eigenvalue weighted by Crippen LogP contribution is 2.33. The van der Waals surface area contributed by atoms with Crippen molar-refractivity contribution in [2.24, 2.45) is 0 Å². The Kier molecular flexibility index (Phi) is 3.40. The second-order valence-electron chi connectivity index (χ2n) is 5.28. The van der Waals surface area contributed by atoms with Crippen LogP contribution in [0.2, 0.25) is 5.02 Å². The molecule has 3 heteroatoms. The van der Waals surface area contributed by atoms with Gasteiger partial charge in [0.2, 0.25) is 0 Å². The Hall–Kier alpha value is -1.41. The van der Waals surface area contributed by atoms with E-state index in [1.807, 2.05) is 45.0 Å². The molecule has 0 aliphatic heterocycles. The Labute approximate surface area is 112 Å². The van der Waals surface area contributed by atoms with Gasteiger partial charge in [-0.3, -0.25) is 4.98 Å². The van der Waals surface area contributed by atoms with Crippen molar-refractivity contribution in [2.45, 2.75) is 26.2 Å². The van der Waals surface area contributed by atoms with Gasteiger partial charge in [-0.15, -0.1) is 0 Å². The van der Waals surface area contributed by atoms with Crippen LogP contribution in [0.25, 0.3) is 11.3 Å². The molecule has 0 aliphatic rings. The van der Waals surface area contributed by atoms with Gasteiger partial charge in [0, 0.05) is 11.8 Å². The molecule has 1 aromatic heterocycles. The summed E-state index contributed by atoms with van der Waals surface area (Å²) in [5, 5.41) is 0.142. The van der Waals surface area contributed by atoms with E-state index in [2.05, 4.69) is 4.98 Å². The van der Waals surface area contributed by atoms with E-state index < -0.39 is 0 Å². The lowest BCUT2D eigenvalue weighted by Gasteiger charge is -2.21. The summed E-state index contributed by atoms with van der Waals surface area (Å²) in [6, 6.07) is 9.07. The third kappa shape index (κ3) is 2.54. The van der Waals surface area contributed by atoms with Crippen LogP contribution in [0.1, 0.15) is 26.3 Å². The maximum absolute atomic E-state index is 14.0. The number of benzene rings is 1. The van der Waals surface area contributed by atoms with Crippen molar-refractivity contribution in [3.63, 3.8) is 0 Å². The molecule has 0 spiro atoms. The average molecular weight is 264 g/mol. The Morgan fingerprint density at radius 1 is 1.17 bits per heavy atom. The van der Waals surface area contributed by atoms with Crippen LogP contribution in [-0.2, 0) is 5.41 Å². The van der Waals surface area contributed by atoms with Crippen LogP contribution in [0.15, 0.2) is 36.5 Å². The van der Waals surface area contributed by atoms with E-state index in [4.69, 9.17) is 11.6 Å². The molecule has 0 saturated carbocycles. The number of hydrogen-bond donors (Lipinski definition) is 0. The Morgan fingerprint density at radius 3 is 2.44 bits per heavy atom. The lowest BCUT2D eigenvalue weighted by molar-refractivity contribution is 0.523. The van der Waals surface area contributed by atoms with Crippen LogP contribution in [0.4, 0.5) is 4.39 Å². The highest BCUT2D eigenvalue weighted by Gasteiger charge is 2.21. The van der Waals surface area contributed by atoms with E-state index in [9.17, 15) is 4.39 Å². The van der Waals surface area contributed by atoms with Crippen LogP contribution in [0.5, 0.6) is 0 Å². The van der Waals surface area contributed by atoms with Gasteiger partial charge >= 0.3 is 0 Å². The molecule has 2 rings (SSSR count). The minimum atomic E-state index is -0.344. The monoisotopic (exact) mass is 263 g/mol. The molecule has 94 valence electrons. The number of halogens is 2. The summed E-state index contributed by atoms with van der Waals surface area (Å²) in [5.74, 6) is -0.344. The first-order valence-corrected chi connectivity index (χ1v) is 6.18. The summed E-state index contributed by atoms with van der Waals surface area (Å²) < 4.78 is 14.0. The van der Waals surface area contributed by atoms with E-state index >= 15 is 0 Å². The van der Waals surface area contributed by atoms with Crippen LogP contribution < -0.4 is 0 Å². The predicted octanol–water partition coefficient (Wildman–Crippen LogP) is 4.84. The van der Waals surface area contributed by atoms with E-state index in [1.54, 1.807) is 12.3 Å². The van der Waals surface area contributed by atoms with Gasteiger partial charge in [-0.05, 0) is 35.2 Å². The SMILES string of the molecule is CC(C)(C)c1cc(-c2ccccn2)cc(Cl)c1F. The molecule has 2 aromatic rings. The van der Waals surface area contributed by atoms with Crippen LogP contribution in [0.3, 0.4) is 0 Å². The first-order valence-electron chi connectivity index (χ1n) is 5.80. The Balaban J connectivity index is 2.62. The molecule has 0 aliphatic carbocycles. The van der Waals surface area contributed by atoms with Gasteiger partial charge in [-0.1, -0.05) is 38.4 Å². The molecular weight excluding hydrogens is 249 g/mol. The van der Waals surface area contributed by atoms with Gasteiger partial charge in [0.1, 0.15) is 5.82 Å². The number of rotatable bonds is 1. The zero-order valence-electron chi connectivity index (χ0n) is 10.7. The summed E-state index contributed by atoms with van der Waals surface area (Å²) in [7, 11) is 0. The van der Waals surface area contributed by atoms with Crippen LogP contribution in [-0.4, -0.2) is 4.98 Å². The molecule has 1 aromatic carbocycles. The second-order valence-corrected chi connectivity index (χ2v) is 5.69. The van der Waals surface area contributed by atoms with Crippen molar-refractivity contribution in [1.29, 1.82) is 0 Å². The summed E-state index contributed by atoms with van der Waals surface area (Å²) >= 11 is 5.97. The largest absolute Gasteiger partial charge is 0.256 e. The average Bonchev–Trinajstić information content (AvgIpc) is 2.32. The van der Waals surface area contributed by atoms with Crippen LogP contribution >= 0.6 is 11.6 Å². The molecule has 0 radical (unpaired) electrons. The fourth-order valence-corrected chi connectivity index (χ4v) is 2.04. The lowest BCUT2D eigenvalue weighted by Crippen LogP contribution is -2.14. The summed E-state index contributed by atoms with van der Waals surface area (Å²) in [5.41, 5.74) is 1.95. The van der Waals surface area contributed by atoms with Gasteiger partial charge in [0.25, 0.3) is 0 Å². The number of aromatic nitrogens is 1. The smallest absolute Gasteiger partial charge is 0.145 e. The van der Waals surface area contributed by atoms with Gasteiger partial charge in [-0.2, -0.15) is 0 Å². The highest BCUT2D eigenvalue weighted by atomic mass is 35.5. The zero-order chi connectivity index (χ0) is 13.3. The quantitative estimate of drug-likeness (QED) is 0.717. The van der Waals surface area contributed by atoms with Crippen LogP contribution in [0, 0.1) is 5.82 Å². The molecule has 1 nitrogen and oxygen atoms in total. The third-order valence-corrected chi connectivity index (χ3v) is 3.07. The van der Waals surface area contributed by atoms with Crippen molar-refractivity contribution in [2.75, 3.05) is 0 Å². The van der Waals surface area contributed by atoms with Gasteiger partial charge in [-0.25, -0.2) is 4.39 Å². The van der Waals surface area contributed by atoms with Crippen molar-refractivity contribution in [1.82, 2.24) is 4.98 Å². The molecular formula is C15H15ClFN.